The number of aliphatic carboxylic acids is 1. The minimum Gasteiger partial charge on any atom is -0.483 e. The van der Waals surface area contributed by atoms with Crippen molar-refractivity contribution in [3.8, 4) is 11.5 Å². The van der Waals surface area contributed by atoms with Gasteiger partial charge in [-0.2, -0.15) is 0 Å². The average molecular weight is 636 g/mol. The number of likely N-dealkylation sites (tertiary alicyclic amines) is 1. The lowest BCUT2D eigenvalue weighted by Gasteiger charge is -2.36. The summed E-state index contributed by atoms with van der Waals surface area (Å²) in [6, 6.07) is 1.67. The second kappa shape index (κ2) is 13.1. The normalized spacial score (nSPS) is 20.3. The zero-order valence-electron chi connectivity index (χ0n) is 26.0. The van der Waals surface area contributed by atoms with E-state index in [9.17, 15) is 32.7 Å². The molecule has 0 saturated carbocycles. The first-order valence-corrected chi connectivity index (χ1v) is 15.0. The molecule has 1 aromatic carbocycles. The van der Waals surface area contributed by atoms with Crippen LogP contribution < -0.4 is 14.8 Å². The molecule has 45 heavy (non-hydrogen) atoms. The van der Waals surface area contributed by atoms with E-state index in [0.29, 0.717) is 47.2 Å². The minimum atomic E-state index is -4.86. The molecule has 3 heterocycles. The number of allylic oxidation sites excluding steroid dienone is 1. The van der Waals surface area contributed by atoms with E-state index in [0.717, 1.165) is 19.3 Å². The Hall–Kier alpha value is -4.03. The minimum absolute atomic E-state index is 0.0132. The molecule has 246 valence electrons. The number of nitrogens with one attached hydrogen (secondary N) is 1. The predicted molar refractivity (Wildman–Crippen MR) is 159 cm³/mol. The molecule has 0 aliphatic carbocycles. The number of halogens is 3. The van der Waals surface area contributed by atoms with Crippen molar-refractivity contribution in [2.24, 2.45) is 0 Å². The molecule has 1 fully saturated rings. The fraction of sp³-hybridized carbons (Fsp3) is 0.562. The van der Waals surface area contributed by atoms with Gasteiger partial charge in [0.05, 0.1) is 17.8 Å². The van der Waals surface area contributed by atoms with Crippen molar-refractivity contribution < 1.29 is 46.9 Å². The first kappa shape index (κ1) is 33.9. The summed E-state index contributed by atoms with van der Waals surface area (Å²) in [6.07, 6.45) is 0.162. The van der Waals surface area contributed by atoms with Crippen molar-refractivity contribution in [1.29, 1.82) is 0 Å². The maximum absolute atomic E-state index is 13.9. The molecule has 3 atom stereocenters. The summed E-state index contributed by atoms with van der Waals surface area (Å²) in [5.41, 5.74) is -0.289. The molecule has 0 unspecified atom stereocenters. The van der Waals surface area contributed by atoms with Gasteiger partial charge in [0.2, 0.25) is 5.91 Å². The summed E-state index contributed by atoms with van der Waals surface area (Å²) in [7, 11) is 0. The van der Waals surface area contributed by atoms with E-state index in [1.54, 1.807) is 33.8 Å². The number of carbonyl (C=O) groups excluding carboxylic acids is 2. The first-order valence-electron chi connectivity index (χ1n) is 15.0. The number of unbranched alkanes of at least 4 members (excludes halogenated alkanes) is 3. The third-order valence-corrected chi connectivity index (χ3v) is 7.93. The van der Waals surface area contributed by atoms with Crippen molar-refractivity contribution in [3.05, 3.63) is 42.1 Å². The fourth-order valence-electron chi connectivity index (χ4n) is 6.00. The van der Waals surface area contributed by atoms with Gasteiger partial charge in [0.25, 0.3) is 0 Å². The number of amides is 2. The summed E-state index contributed by atoms with van der Waals surface area (Å²) in [5, 5.41) is 13.2. The monoisotopic (exact) mass is 635 g/mol. The zero-order valence-corrected chi connectivity index (χ0v) is 26.0. The highest BCUT2D eigenvalue weighted by atomic mass is 19.4. The number of alkyl halides is 3. The van der Waals surface area contributed by atoms with Gasteiger partial charge >= 0.3 is 18.4 Å². The van der Waals surface area contributed by atoms with E-state index in [1.165, 1.54) is 23.1 Å². The Balaban J connectivity index is 1.60. The Bertz CT molecular complexity index is 1460. The Morgan fingerprint density at radius 1 is 1.24 bits per heavy atom. The Morgan fingerprint density at radius 3 is 2.62 bits per heavy atom. The number of benzene rings is 1. The van der Waals surface area contributed by atoms with Crippen LogP contribution in [0.1, 0.15) is 77.0 Å². The maximum Gasteiger partial charge on any atom is 0.573 e. The van der Waals surface area contributed by atoms with Gasteiger partial charge in [0.15, 0.2) is 0 Å². The van der Waals surface area contributed by atoms with Crippen LogP contribution in [0, 0.1) is 6.92 Å². The number of carbonyl (C=O) groups is 3. The number of hydrogen-bond donors (Lipinski definition) is 2. The Kier molecular flexibility index (Phi) is 9.88. The van der Waals surface area contributed by atoms with Crippen LogP contribution in [0.2, 0.25) is 0 Å². The van der Waals surface area contributed by atoms with Crippen molar-refractivity contribution >= 4 is 28.9 Å². The molecule has 4 rings (SSSR count). The molecule has 10 nitrogen and oxygen atoms in total. The lowest BCUT2D eigenvalue weighted by atomic mass is 9.87. The van der Waals surface area contributed by atoms with Gasteiger partial charge in [-0.25, -0.2) is 14.6 Å². The number of hydrogen-bond acceptors (Lipinski definition) is 7. The summed E-state index contributed by atoms with van der Waals surface area (Å²) >= 11 is 0. The van der Waals surface area contributed by atoms with Crippen LogP contribution in [0.3, 0.4) is 0 Å². The fourth-order valence-corrected chi connectivity index (χ4v) is 6.00. The number of alkyl carbamates (subject to hydrolysis) is 1. The van der Waals surface area contributed by atoms with Crippen molar-refractivity contribution in [3.63, 3.8) is 0 Å². The third-order valence-electron chi connectivity index (χ3n) is 7.93. The van der Waals surface area contributed by atoms with Gasteiger partial charge < -0.3 is 29.5 Å². The smallest absolute Gasteiger partial charge is 0.483 e. The lowest BCUT2D eigenvalue weighted by molar-refractivity contribution is -0.274. The van der Waals surface area contributed by atoms with Gasteiger partial charge in [-0.05, 0) is 78.0 Å². The van der Waals surface area contributed by atoms with E-state index in [4.69, 9.17) is 9.47 Å². The summed E-state index contributed by atoms with van der Waals surface area (Å²) in [4.78, 5) is 44.8. The van der Waals surface area contributed by atoms with Crippen LogP contribution in [-0.4, -0.2) is 69.2 Å². The number of rotatable bonds is 10. The van der Waals surface area contributed by atoms with E-state index < -0.39 is 47.6 Å². The highest BCUT2D eigenvalue weighted by Crippen LogP contribution is 2.45. The zero-order chi connectivity index (χ0) is 33.2. The molecule has 1 aromatic heterocycles. The highest BCUT2D eigenvalue weighted by Gasteiger charge is 2.53. The van der Waals surface area contributed by atoms with Crippen LogP contribution in [0.4, 0.5) is 18.0 Å². The molecule has 13 heteroatoms. The number of aromatic nitrogens is 1. The van der Waals surface area contributed by atoms with Gasteiger partial charge in [-0.3, -0.25) is 4.79 Å². The first-order chi connectivity index (χ1) is 21.0. The summed E-state index contributed by atoms with van der Waals surface area (Å²) < 4.78 is 54.6. The number of carboxylic acid groups (broad SMARTS) is 1. The van der Waals surface area contributed by atoms with Crippen molar-refractivity contribution in [2.45, 2.75) is 109 Å². The van der Waals surface area contributed by atoms with Gasteiger partial charge in [0.1, 0.15) is 34.8 Å². The average Bonchev–Trinajstić information content (AvgIpc) is 3.29. The SMILES string of the molecule is C=CCCCCC[C@H](NC(=O)OC(C)(C)C)C(=O)N1C[C@@]2(CCc3c(c(C)nc4ccc(OC(F)(F)F)cc34)O2)C[C@H]1C(=O)O. The number of nitrogens with zero attached hydrogens (tertiary/aromatic N) is 2. The standard InChI is InChI=1S/C32H40F3N3O7/c1-6-7-8-9-10-11-24(37-29(42)45-30(3,4)5)27(39)38-18-31(17-25(38)28(40)41)15-14-21-22-16-20(43-32(33,34)35)12-13-23(22)36-19(2)26(21)44-31/h6,12-13,16,24-25H,1,7-11,14-15,17-18H2,2-5H3,(H,37,42)(H,40,41)/t24-,25-,31+/m0/s1. The van der Waals surface area contributed by atoms with Crippen LogP contribution in [0.25, 0.3) is 10.9 Å². The predicted octanol–water partition coefficient (Wildman–Crippen LogP) is 6.22. The van der Waals surface area contributed by atoms with Gasteiger partial charge in [0, 0.05) is 17.4 Å². The second-order valence-electron chi connectivity index (χ2n) is 12.7. The number of pyridine rings is 1. The van der Waals surface area contributed by atoms with Crippen LogP contribution >= 0.6 is 0 Å². The molecule has 2 amide bonds. The second-order valence-corrected chi connectivity index (χ2v) is 12.7. The molecular weight excluding hydrogens is 595 g/mol. The van der Waals surface area contributed by atoms with Crippen molar-refractivity contribution in [1.82, 2.24) is 15.2 Å². The van der Waals surface area contributed by atoms with Crippen molar-refractivity contribution in [2.75, 3.05) is 6.54 Å². The molecule has 1 spiro atoms. The molecule has 2 aliphatic heterocycles. The van der Waals surface area contributed by atoms with Gasteiger partial charge in [-0.15, -0.1) is 19.8 Å². The summed E-state index contributed by atoms with van der Waals surface area (Å²) in [5.74, 6) is -1.80. The molecule has 2 aromatic rings. The van der Waals surface area contributed by atoms with E-state index >= 15 is 0 Å². The van der Waals surface area contributed by atoms with Crippen LogP contribution in [-0.2, 0) is 20.7 Å². The quantitative estimate of drug-likeness (QED) is 0.233. The molecule has 2 aliphatic rings. The van der Waals surface area contributed by atoms with E-state index in [1.807, 2.05) is 0 Å². The third kappa shape index (κ3) is 8.37. The number of ether oxygens (including phenoxy) is 3. The van der Waals surface area contributed by atoms with E-state index in [-0.39, 0.29) is 25.1 Å². The topological polar surface area (TPSA) is 127 Å². The van der Waals surface area contributed by atoms with Crippen LogP contribution in [0.5, 0.6) is 11.5 Å². The maximum atomic E-state index is 13.9. The molecule has 0 radical (unpaired) electrons. The Morgan fingerprint density at radius 2 is 1.98 bits per heavy atom. The number of carboxylic acids is 1. The molecule has 2 N–H and O–H groups in total. The molecule has 0 bridgehead atoms. The molecular formula is C32H40F3N3O7. The number of fused-ring (bicyclic) bond motifs is 3. The molecule has 1 saturated heterocycles. The summed E-state index contributed by atoms with van der Waals surface area (Å²) in [6.45, 7) is 10.5. The number of aryl methyl sites for hydroxylation is 2. The van der Waals surface area contributed by atoms with Crippen LogP contribution in [0.15, 0.2) is 30.9 Å². The highest BCUT2D eigenvalue weighted by molar-refractivity contribution is 5.90. The van der Waals surface area contributed by atoms with Gasteiger partial charge in [-0.1, -0.05) is 18.9 Å². The Labute approximate surface area is 259 Å². The van der Waals surface area contributed by atoms with E-state index in [2.05, 4.69) is 21.6 Å². The largest absolute Gasteiger partial charge is 0.573 e. The lowest BCUT2D eigenvalue weighted by Crippen LogP contribution is -2.53.